The van der Waals surface area contributed by atoms with Crippen molar-refractivity contribution in [1.82, 2.24) is 4.57 Å². The predicted octanol–water partition coefficient (Wildman–Crippen LogP) is 15.1. The standard InChI is InChI=1S/C56H37N3O2/c1-3-47(58-56(44-23-14-18-35-15-6-7-19-40(35)44)57-34(2)36-27-28-43-42-21-9-12-25-51(42)60-53(43)32-36)39-31-50(55-45-22-10-13-26-52(45)61-54(55)33-39)59-48-24-11-8-20-41(48)46-29-37-16-4-5-17-38(37)30-49(46)59/h3-33,47H,1H2,2H3. The van der Waals surface area contributed by atoms with E-state index in [2.05, 4.69) is 163 Å². The molecular formula is C56H37N3O2. The highest BCUT2D eigenvalue weighted by atomic mass is 16.3. The first-order valence-corrected chi connectivity index (χ1v) is 20.6. The maximum Gasteiger partial charge on any atom is 0.156 e. The summed E-state index contributed by atoms with van der Waals surface area (Å²) >= 11 is 0. The van der Waals surface area contributed by atoms with E-state index in [0.717, 1.165) is 93.8 Å². The normalized spacial score (nSPS) is 13.2. The highest BCUT2D eigenvalue weighted by Gasteiger charge is 2.22. The summed E-state index contributed by atoms with van der Waals surface area (Å²) in [7, 11) is 0. The summed E-state index contributed by atoms with van der Waals surface area (Å²) in [5.74, 6) is 0.610. The molecule has 1 atom stereocenters. The van der Waals surface area contributed by atoms with Crippen molar-refractivity contribution in [2.45, 2.75) is 13.0 Å². The average Bonchev–Trinajstić information content (AvgIpc) is 3.98. The second-order valence-corrected chi connectivity index (χ2v) is 15.7. The summed E-state index contributed by atoms with van der Waals surface area (Å²) in [6.07, 6.45) is 1.91. The van der Waals surface area contributed by atoms with Gasteiger partial charge in [-0.25, -0.2) is 4.99 Å². The van der Waals surface area contributed by atoms with Gasteiger partial charge in [-0.1, -0.05) is 133 Å². The molecule has 0 amide bonds. The van der Waals surface area contributed by atoms with E-state index in [-0.39, 0.29) is 0 Å². The molecule has 5 nitrogen and oxygen atoms in total. The molecule has 61 heavy (non-hydrogen) atoms. The van der Waals surface area contributed by atoms with Gasteiger partial charge in [-0.05, 0) is 94.2 Å². The molecule has 0 bridgehead atoms. The Morgan fingerprint density at radius 2 is 1.16 bits per heavy atom. The fourth-order valence-corrected chi connectivity index (χ4v) is 9.26. The number of aliphatic imine (C=N–C) groups is 2. The minimum atomic E-state index is -0.478. The smallest absolute Gasteiger partial charge is 0.156 e. The lowest BCUT2D eigenvalue weighted by Gasteiger charge is -2.16. The van der Waals surface area contributed by atoms with Gasteiger partial charge in [-0.15, -0.1) is 6.58 Å². The van der Waals surface area contributed by atoms with Gasteiger partial charge in [0.15, 0.2) is 5.84 Å². The van der Waals surface area contributed by atoms with Gasteiger partial charge < -0.3 is 13.4 Å². The summed E-state index contributed by atoms with van der Waals surface area (Å²) in [6, 6.07) is 63.3. The van der Waals surface area contributed by atoms with Crippen molar-refractivity contribution in [3.8, 4) is 5.69 Å². The number of benzene rings is 9. The number of amidine groups is 1. The van der Waals surface area contributed by atoms with Gasteiger partial charge in [-0.3, -0.25) is 4.99 Å². The maximum atomic E-state index is 6.71. The molecule has 0 saturated carbocycles. The number of rotatable bonds is 6. The van der Waals surface area contributed by atoms with Crippen LogP contribution in [0.2, 0.25) is 0 Å². The van der Waals surface area contributed by atoms with Crippen LogP contribution in [0.4, 0.5) is 0 Å². The molecule has 0 aliphatic rings. The van der Waals surface area contributed by atoms with E-state index in [1.807, 2.05) is 43.3 Å². The van der Waals surface area contributed by atoms with E-state index in [0.29, 0.717) is 5.84 Å². The molecule has 0 N–H and O–H groups in total. The summed E-state index contributed by atoms with van der Waals surface area (Å²) in [5.41, 5.74) is 10.2. The molecule has 3 heterocycles. The van der Waals surface area contributed by atoms with Crippen LogP contribution < -0.4 is 0 Å². The minimum absolute atomic E-state index is 0.478. The van der Waals surface area contributed by atoms with E-state index in [9.17, 15) is 0 Å². The summed E-state index contributed by atoms with van der Waals surface area (Å²) in [4.78, 5) is 10.9. The average molecular weight is 784 g/mol. The molecule has 1 unspecified atom stereocenters. The number of para-hydroxylation sites is 3. The van der Waals surface area contributed by atoms with Crippen molar-refractivity contribution in [3.63, 3.8) is 0 Å². The molecule has 288 valence electrons. The zero-order valence-corrected chi connectivity index (χ0v) is 33.3. The van der Waals surface area contributed by atoms with E-state index in [1.165, 1.54) is 21.5 Å². The summed E-state index contributed by atoms with van der Waals surface area (Å²) < 4.78 is 15.4. The van der Waals surface area contributed by atoms with Gasteiger partial charge in [0.05, 0.1) is 28.1 Å². The maximum absolute atomic E-state index is 6.71. The number of nitrogens with zero attached hydrogens (tertiary/aromatic N) is 3. The molecule has 12 rings (SSSR count). The first-order chi connectivity index (χ1) is 30.1. The van der Waals surface area contributed by atoms with Gasteiger partial charge >= 0.3 is 0 Å². The Kier molecular flexibility index (Phi) is 7.91. The number of fused-ring (bicyclic) bond motifs is 11. The van der Waals surface area contributed by atoms with Crippen LogP contribution in [0.3, 0.4) is 0 Å². The Morgan fingerprint density at radius 1 is 0.525 bits per heavy atom. The van der Waals surface area contributed by atoms with Gasteiger partial charge in [0.1, 0.15) is 22.3 Å². The van der Waals surface area contributed by atoms with Crippen LogP contribution in [0, 0.1) is 0 Å². The molecule has 3 aromatic heterocycles. The fourth-order valence-electron chi connectivity index (χ4n) is 9.26. The molecule has 0 radical (unpaired) electrons. The summed E-state index contributed by atoms with van der Waals surface area (Å²) in [5, 5.41) is 11.3. The molecule has 0 spiro atoms. The Hall–Kier alpha value is -8.02. The van der Waals surface area contributed by atoms with E-state index in [1.54, 1.807) is 0 Å². The highest BCUT2D eigenvalue weighted by molar-refractivity contribution is 6.19. The first-order valence-electron chi connectivity index (χ1n) is 20.6. The van der Waals surface area contributed by atoms with Crippen molar-refractivity contribution < 1.29 is 8.83 Å². The Labute approximate surface area is 350 Å². The van der Waals surface area contributed by atoms with Crippen molar-refractivity contribution in [2.75, 3.05) is 0 Å². The van der Waals surface area contributed by atoms with Crippen LogP contribution in [-0.4, -0.2) is 16.1 Å². The second kappa shape index (κ2) is 13.8. The third-order valence-electron chi connectivity index (χ3n) is 12.2. The molecule has 0 aliphatic carbocycles. The topological polar surface area (TPSA) is 55.9 Å². The molecule has 0 aliphatic heterocycles. The Balaban J connectivity index is 1.10. The van der Waals surface area contributed by atoms with Crippen molar-refractivity contribution in [1.29, 1.82) is 0 Å². The van der Waals surface area contributed by atoms with Gasteiger partial charge in [0, 0.05) is 38.2 Å². The van der Waals surface area contributed by atoms with Crippen molar-refractivity contribution in [3.05, 3.63) is 211 Å². The van der Waals surface area contributed by atoms with Crippen molar-refractivity contribution in [2.24, 2.45) is 9.98 Å². The van der Waals surface area contributed by atoms with Crippen LogP contribution in [0.5, 0.6) is 0 Å². The molecule has 5 heteroatoms. The molecule has 12 aromatic rings. The van der Waals surface area contributed by atoms with Crippen LogP contribution in [0.25, 0.3) is 92.9 Å². The number of aromatic nitrogens is 1. The first kappa shape index (κ1) is 35.0. The molecular weight excluding hydrogens is 747 g/mol. The lowest BCUT2D eigenvalue weighted by molar-refractivity contribution is 0.667. The van der Waals surface area contributed by atoms with Gasteiger partial charge in [0.2, 0.25) is 0 Å². The van der Waals surface area contributed by atoms with E-state index < -0.39 is 6.04 Å². The van der Waals surface area contributed by atoms with Crippen LogP contribution >= 0.6 is 0 Å². The van der Waals surface area contributed by atoms with Crippen LogP contribution in [-0.2, 0) is 0 Å². The second-order valence-electron chi connectivity index (χ2n) is 15.7. The lowest BCUT2D eigenvalue weighted by Crippen LogP contribution is -2.07. The summed E-state index contributed by atoms with van der Waals surface area (Å²) in [6.45, 7) is 6.42. The number of hydrogen-bond acceptors (Lipinski definition) is 3. The predicted molar refractivity (Wildman–Crippen MR) is 255 cm³/mol. The fraction of sp³-hybridized carbons (Fsp3) is 0.0357. The van der Waals surface area contributed by atoms with E-state index in [4.69, 9.17) is 18.8 Å². The largest absolute Gasteiger partial charge is 0.456 e. The van der Waals surface area contributed by atoms with Gasteiger partial charge in [-0.2, -0.15) is 0 Å². The Bertz CT molecular complexity index is 3810. The van der Waals surface area contributed by atoms with Gasteiger partial charge in [0.25, 0.3) is 0 Å². The number of furan rings is 2. The van der Waals surface area contributed by atoms with E-state index >= 15 is 0 Å². The van der Waals surface area contributed by atoms with Crippen LogP contribution in [0.15, 0.2) is 213 Å². The zero-order valence-electron chi connectivity index (χ0n) is 33.3. The third-order valence-corrected chi connectivity index (χ3v) is 12.2. The molecule has 9 aromatic carbocycles. The van der Waals surface area contributed by atoms with Crippen LogP contribution in [0.1, 0.15) is 29.7 Å². The highest BCUT2D eigenvalue weighted by Crippen LogP contribution is 2.42. The van der Waals surface area contributed by atoms with Crippen molar-refractivity contribution >= 4 is 98.8 Å². The number of hydrogen-bond donors (Lipinski definition) is 0. The molecule has 0 fully saturated rings. The molecule has 0 saturated heterocycles. The zero-order chi connectivity index (χ0) is 40.6. The quantitative estimate of drug-likeness (QED) is 0.0958. The lowest BCUT2D eigenvalue weighted by atomic mass is 10.0. The Morgan fingerprint density at radius 3 is 1.98 bits per heavy atom. The SMILES string of the molecule is C=CC(N=C(N=C(C)c1ccc2c(c1)oc1ccccc12)c1cccc2ccccc12)c1cc(-n2c3ccccc3c3cc4ccccc4cc32)c2c(c1)oc1ccccc12. The third kappa shape index (κ3) is 5.62. The monoisotopic (exact) mass is 783 g/mol. The minimum Gasteiger partial charge on any atom is -0.456 e.